The van der Waals surface area contributed by atoms with Gasteiger partial charge in [-0.2, -0.15) is 0 Å². The van der Waals surface area contributed by atoms with Crippen molar-refractivity contribution in [1.82, 2.24) is 5.32 Å². The number of para-hydroxylation sites is 1. The van der Waals surface area contributed by atoms with Crippen molar-refractivity contribution in [2.24, 2.45) is 5.92 Å². The molecule has 0 radical (unpaired) electrons. The van der Waals surface area contributed by atoms with Crippen molar-refractivity contribution >= 4 is 11.6 Å². The lowest BCUT2D eigenvalue weighted by Crippen LogP contribution is -2.52. The van der Waals surface area contributed by atoms with E-state index in [1.807, 2.05) is 32.0 Å². The molecule has 4 nitrogen and oxygen atoms in total. The molecule has 0 aliphatic heterocycles. The summed E-state index contributed by atoms with van der Waals surface area (Å²) in [6.07, 6.45) is 2.71. The van der Waals surface area contributed by atoms with Gasteiger partial charge >= 0.3 is 0 Å². The standard InChI is InChI=1S/C19H30N2O2/c1-13(2)16-7-5-6-8-17(16)20-18(23)11-14(3)21-19(4,12-22)15-9-10-15/h5-8,13-15,21-22H,9-12H2,1-4H3,(H,20,23). The van der Waals surface area contributed by atoms with Crippen LogP contribution in [-0.4, -0.2) is 29.2 Å². The zero-order valence-corrected chi connectivity index (χ0v) is 14.7. The Bertz CT molecular complexity index is 540. The summed E-state index contributed by atoms with van der Waals surface area (Å²) in [5, 5.41) is 16.1. The third kappa shape index (κ3) is 4.79. The lowest BCUT2D eigenvalue weighted by molar-refractivity contribution is -0.116. The minimum atomic E-state index is -0.268. The Morgan fingerprint density at radius 3 is 2.52 bits per heavy atom. The second-order valence-electron chi connectivity index (χ2n) is 7.39. The summed E-state index contributed by atoms with van der Waals surface area (Å²) in [6, 6.07) is 7.97. The van der Waals surface area contributed by atoms with E-state index in [1.54, 1.807) is 0 Å². The van der Waals surface area contributed by atoms with Crippen LogP contribution in [0, 0.1) is 5.92 Å². The molecule has 128 valence electrons. The first-order valence-corrected chi connectivity index (χ1v) is 8.63. The molecule has 1 amide bonds. The SMILES string of the molecule is CC(CC(=O)Nc1ccccc1C(C)C)NC(C)(CO)C1CC1. The highest BCUT2D eigenvalue weighted by Crippen LogP contribution is 2.39. The number of anilines is 1. The fourth-order valence-corrected chi connectivity index (χ4v) is 3.22. The van der Waals surface area contributed by atoms with E-state index < -0.39 is 0 Å². The smallest absolute Gasteiger partial charge is 0.225 e. The summed E-state index contributed by atoms with van der Waals surface area (Å²) in [7, 11) is 0. The van der Waals surface area contributed by atoms with Crippen molar-refractivity contribution in [3.8, 4) is 0 Å². The van der Waals surface area contributed by atoms with Gasteiger partial charge in [0.15, 0.2) is 0 Å². The van der Waals surface area contributed by atoms with E-state index in [2.05, 4.69) is 30.5 Å². The van der Waals surface area contributed by atoms with Crippen molar-refractivity contribution in [3.63, 3.8) is 0 Å². The second-order valence-corrected chi connectivity index (χ2v) is 7.39. The normalized spacial score (nSPS) is 18.5. The number of nitrogens with one attached hydrogen (secondary N) is 2. The highest BCUT2D eigenvalue weighted by atomic mass is 16.3. The number of amides is 1. The molecule has 0 bridgehead atoms. The predicted molar refractivity (Wildman–Crippen MR) is 94.6 cm³/mol. The van der Waals surface area contributed by atoms with E-state index in [1.165, 1.54) is 0 Å². The molecule has 2 unspecified atom stereocenters. The van der Waals surface area contributed by atoms with Gasteiger partial charge in [-0.15, -0.1) is 0 Å². The maximum atomic E-state index is 12.3. The minimum Gasteiger partial charge on any atom is -0.394 e. The maximum Gasteiger partial charge on any atom is 0.225 e. The van der Waals surface area contributed by atoms with Crippen LogP contribution in [0.25, 0.3) is 0 Å². The molecule has 1 aliphatic carbocycles. The van der Waals surface area contributed by atoms with E-state index in [0.29, 0.717) is 18.3 Å². The summed E-state index contributed by atoms with van der Waals surface area (Å²) in [6.45, 7) is 8.41. The largest absolute Gasteiger partial charge is 0.394 e. The molecule has 4 heteroatoms. The highest BCUT2D eigenvalue weighted by molar-refractivity contribution is 5.92. The monoisotopic (exact) mass is 318 g/mol. The van der Waals surface area contributed by atoms with Crippen LogP contribution in [0.3, 0.4) is 0 Å². The minimum absolute atomic E-state index is 0.00851. The average Bonchev–Trinajstić information content (AvgIpc) is 3.32. The summed E-state index contributed by atoms with van der Waals surface area (Å²) in [4.78, 5) is 12.3. The van der Waals surface area contributed by atoms with Crippen LogP contribution in [0.1, 0.15) is 58.4 Å². The van der Waals surface area contributed by atoms with Crippen molar-refractivity contribution in [2.45, 2.75) is 64.5 Å². The fourth-order valence-electron chi connectivity index (χ4n) is 3.22. The van der Waals surface area contributed by atoms with Crippen LogP contribution in [0.4, 0.5) is 5.69 Å². The van der Waals surface area contributed by atoms with Crippen molar-refractivity contribution in [1.29, 1.82) is 0 Å². The molecule has 1 aliphatic rings. The zero-order chi connectivity index (χ0) is 17.0. The van der Waals surface area contributed by atoms with E-state index in [0.717, 1.165) is 24.1 Å². The molecule has 3 N–H and O–H groups in total. The van der Waals surface area contributed by atoms with E-state index >= 15 is 0 Å². The number of hydrogen-bond donors (Lipinski definition) is 3. The number of aliphatic hydroxyl groups excluding tert-OH is 1. The Hall–Kier alpha value is -1.39. The Balaban J connectivity index is 1.92. The van der Waals surface area contributed by atoms with E-state index in [-0.39, 0.29) is 24.1 Å². The van der Waals surface area contributed by atoms with Gasteiger partial charge in [-0.25, -0.2) is 0 Å². The van der Waals surface area contributed by atoms with Gasteiger partial charge in [0.1, 0.15) is 0 Å². The molecular weight excluding hydrogens is 288 g/mol. The van der Waals surface area contributed by atoms with Crippen LogP contribution in [-0.2, 0) is 4.79 Å². The molecule has 23 heavy (non-hydrogen) atoms. The maximum absolute atomic E-state index is 12.3. The van der Waals surface area contributed by atoms with E-state index in [4.69, 9.17) is 0 Å². The van der Waals surface area contributed by atoms with Gasteiger partial charge in [0.2, 0.25) is 5.91 Å². The second kappa shape index (κ2) is 7.45. The average molecular weight is 318 g/mol. The zero-order valence-electron chi connectivity index (χ0n) is 14.7. The lowest BCUT2D eigenvalue weighted by Gasteiger charge is -2.32. The van der Waals surface area contributed by atoms with Gasteiger partial charge in [-0.3, -0.25) is 4.79 Å². The van der Waals surface area contributed by atoms with Gasteiger partial charge in [0, 0.05) is 23.7 Å². The first-order chi connectivity index (χ1) is 10.9. The summed E-state index contributed by atoms with van der Waals surface area (Å²) >= 11 is 0. The van der Waals surface area contributed by atoms with Crippen LogP contribution < -0.4 is 10.6 Å². The number of hydrogen-bond acceptors (Lipinski definition) is 3. The fraction of sp³-hybridized carbons (Fsp3) is 0.632. The predicted octanol–water partition coefficient (Wildman–Crippen LogP) is 3.28. The molecule has 0 aromatic heterocycles. The first kappa shape index (κ1) is 18.0. The topological polar surface area (TPSA) is 61.4 Å². The molecule has 2 atom stereocenters. The molecule has 1 aromatic carbocycles. The third-order valence-corrected chi connectivity index (χ3v) is 4.73. The molecule has 2 rings (SSSR count). The van der Waals surface area contributed by atoms with Crippen LogP contribution in [0.15, 0.2) is 24.3 Å². The summed E-state index contributed by atoms with van der Waals surface area (Å²) in [5.41, 5.74) is 1.78. The Labute approximate surface area is 139 Å². The van der Waals surface area contributed by atoms with E-state index in [9.17, 15) is 9.90 Å². The van der Waals surface area contributed by atoms with Gasteiger partial charge < -0.3 is 15.7 Å². The van der Waals surface area contributed by atoms with Gasteiger partial charge in [-0.05, 0) is 50.2 Å². The lowest BCUT2D eigenvalue weighted by atomic mass is 9.95. The Morgan fingerprint density at radius 1 is 1.30 bits per heavy atom. The van der Waals surface area contributed by atoms with Crippen LogP contribution >= 0.6 is 0 Å². The first-order valence-electron chi connectivity index (χ1n) is 8.63. The number of carbonyl (C=O) groups excluding carboxylic acids is 1. The highest BCUT2D eigenvalue weighted by Gasteiger charge is 2.41. The number of carbonyl (C=O) groups is 1. The van der Waals surface area contributed by atoms with Crippen molar-refractivity contribution in [3.05, 3.63) is 29.8 Å². The van der Waals surface area contributed by atoms with Crippen molar-refractivity contribution < 1.29 is 9.90 Å². The van der Waals surface area contributed by atoms with Gasteiger partial charge in [0.25, 0.3) is 0 Å². The number of rotatable bonds is 8. The molecule has 0 saturated heterocycles. The van der Waals surface area contributed by atoms with Crippen LogP contribution in [0.2, 0.25) is 0 Å². The molecule has 1 fully saturated rings. The third-order valence-electron chi connectivity index (χ3n) is 4.73. The van der Waals surface area contributed by atoms with Crippen molar-refractivity contribution in [2.75, 3.05) is 11.9 Å². The summed E-state index contributed by atoms with van der Waals surface area (Å²) < 4.78 is 0. The molecule has 0 heterocycles. The van der Waals surface area contributed by atoms with Gasteiger partial charge in [0.05, 0.1) is 6.61 Å². The molecule has 0 spiro atoms. The van der Waals surface area contributed by atoms with Crippen LogP contribution in [0.5, 0.6) is 0 Å². The van der Waals surface area contributed by atoms with Gasteiger partial charge in [-0.1, -0.05) is 32.0 Å². The molecule has 1 saturated carbocycles. The molecular formula is C19H30N2O2. The Kier molecular flexibility index (Phi) is 5.82. The summed E-state index contributed by atoms with van der Waals surface area (Å²) in [5.74, 6) is 0.906. The number of benzene rings is 1. The Morgan fingerprint density at radius 2 is 1.96 bits per heavy atom. The quantitative estimate of drug-likeness (QED) is 0.689. The number of aliphatic hydroxyl groups is 1. The molecule has 1 aromatic rings.